The van der Waals surface area contributed by atoms with E-state index < -0.39 is 17.8 Å². The highest BCUT2D eigenvalue weighted by Crippen LogP contribution is 2.25. The summed E-state index contributed by atoms with van der Waals surface area (Å²) >= 11 is 0. The highest BCUT2D eigenvalue weighted by atomic mass is 19.1. The maximum atomic E-state index is 13.9. The van der Waals surface area contributed by atoms with Crippen LogP contribution in [0.3, 0.4) is 0 Å². The van der Waals surface area contributed by atoms with Gasteiger partial charge in [0.05, 0.1) is 11.7 Å². The van der Waals surface area contributed by atoms with E-state index in [9.17, 15) is 14.0 Å². The third-order valence-electron chi connectivity index (χ3n) is 3.18. The first kappa shape index (κ1) is 14.5. The van der Waals surface area contributed by atoms with E-state index in [2.05, 4.69) is 10.6 Å². The predicted octanol–water partition coefficient (Wildman–Crippen LogP) is 1.21. The van der Waals surface area contributed by atoms with E-state index in [0.29, 0.717) is 24.9 Å². The molecule has 1 aromatic rings. The van der Waals surface area contributed by atoms with E-state index in [1.807, 2.05) is 0 Å². The minimum absolute atomic E-state index is 0.0366. The number of aliphatic hydroxyl groups is 1. The van der Waals surface area contributed by atoms with E-state index in [4.69, 9.17) is 5.11 Å². The Kier molecular flexibility index (Phi) is 4.34. The summed E-state index contributed by atoms with van der Waals surface area (Å²) in [5.74, 6) is -1.32. The number of rotatable bonds is 4. The number of hydrogen-bond acceptors (Lipinski definition) is 3. The van der Waals surface area contributed by atoms with Gasteiger partial charge in [-0.15, -0.1) is 0 Å². The van der Waals surface area contributed by atoms with Crippen LogP contribution in [0.5, 0.6) is 0 Å². The Hall–Kier alpha value is -1.95. The first-order chi connectivity index (χ1) is 9.47. The molecule has 20 heavy (non-hydrogen) atoms. The average molecular weight is 280 g/mol. The number of hydrogen-bond donors (Lipinski definition) is 3. The number of carbonyl (C=O) groups is 2. The fourth-order valence-corrected chi connectivity index (χ4v) is 2.07. The van der Waals surface area contributed by atoms with E-state index in [0.717, 1.165) is 5.56 Å². The second-order valence-corrected chi connectivity index (χ2v) is 4.93. The fraction of sp³-hybridized carbons (Fsp3) is 0.429. The number of anilines is 1. The molecule has 0 bridgehead atoms. The maximum absolute atomic E-state index is 13.9. The molecule has 0 radical (unpaired) electrons. The number of carbonyl (C=O) groups excluding carboxylic acids is 2. The Morgan fingerprint density at radius 2 is 2.25 bits per heavy atom. The number of fused-ring (bicyclic) bond motifs is 1. The van der Waals surface area contributed by atoms with E-state index in [1.165, 1.54) is 12.1 Å². The Balaban J connectivity index is 2.12. The van der Waals surface area contributed by atoms with Gasteiger partial charge in [0, 0.05) is 18.7 Å². The summed E-state index contributed by atoms with van der Waals surface area (Å²) in [6.45, 7) is 1.90. The largest absolute Gasteiger partial charge is 0.393 e. The number of benzene rings is 1. The number of aryl methyl sites for hydroxylation is 1. The number of halogens is 1. The molecule has 0 saturated carbocycles. The molecule has 0 spiro atoms. The van der Waals surface area contributed by atoms with E-state index in [1.54, 1.807) is 6.92 Å². The third kappa shape index (κ3) is 3.33. The van der Waals surface area contributed by atoms with Crippen molar-refractivity contribution in [3.05, 3.63) is 29.1 Å². The molecule has 2 amide bonds. The zero-order valence-electron chi connectivity index (χ0n) is 11.2. The summed E-state index contributed by atoms with van der Waals surface area (Å²) in [5.41, 5.74) is 1.15. The molecule has 0 aliphatic carbocycles. The predicted molar refractivity (Wildman–Crippen MR) is 72.0 cm³/mol. The van der Waals surface area contributed by atoms with Gasteiger partial charge in [-0.2, -0.15) is 0 Å². The first-order valence-corrected chi connectivity index (χ1v) is 6.56. The van der Waals surface area contributed by atoms with Crippen molar-refractivity contribution in [1.82, 2.24) is 5.32 Å². The molecule has 3 N–H and O–H groups in total. The van der Waals surface area contributed by atoms with Crippen LogP contribution in [0.1, 0.15) is 35.7 Å². The van der Waals surface area contributed by atoms with Crippen LogP contribution in [-0.4, -0.2) is 29.6 Å². The lowest BCUT2D eigenvalue weighted by Gasteiger charge is -2.18. The molecule has 1 unspecified atom stereocenters. The SMILES string of the molecule is CC(O)CCNC(=O)c1cc2c(cc1F)NC(=O)CC2. The van der Waals surface area contributed by atoms with Crippen LogP contribution in [0.2, 0.25) is 0 Å². The van der Waals surface area contributed by atoms with Crippen LogP contribution in [-0.2, 0) is 11.2 Å². The Bertz CT molecular complexity index is 543. The van der Waals surface area contributed by atoms with Crippen molar-refractivity contribution in [2.45, 2.75) is 32.3 Å². The van der Waals surface area contributed by atoms with Crippen LogP contribution < -0.4 is 10.6 Å². The van der Waals surface area contributed by atoms with Crippen LogP contribution in [0, 0.1) is 5.82 Å². The molecule has 1 atom stereocenters. The van der Waals surface area contributed by atoms with Gasteiger partial charge in [0.2, 0.25) is 5.91 Å². The molecular formula is C14H17FN2O3. The van der Waals surface area contributed by atoms with Crippen molar-refractivity contribution >= 4 is 17.5 Å². The van der Waals surface area contributed by atoms with Crippen molar-refractivity contribution in [2.24, 2.45) is 0 Å². The van der Waals surface area contributed by atoms with Gasteiger partial charge in [-0.1, -0.05) is 0 Å². The zero-order valence-corrected chi connectivity index (χ0v) is 11.2. The summed E-state index contributed by atoms with van der Waals surface area (Å²) in [4.78, 5) is 23.1. The number of aliphatic hydroxyl groups excluding tert-OH is 1. The summed E-state index contributed by atoms with van der Waals surface area (Å²) in [5, 5.41) is 14.2. The van der Waals surface area contributed by atoms with Crippen molar-refractivity contribution < 1.29 is 19.1 Å². The molecule has 0 saturated heterocycles. The Morgan fingerprint density at radius 1 is 1.50 bits per heavy atom. The summed E-state index contributed by atoms with van der Waals surface area (Å²) in [6, 6.07) is 2.65. The standard InChI is InChI=1S/C14H17FN2O3/c1-8(18)4-5-16-14(20)10-6-9-2-3-13(19)17-12(9)7-11(10)15/h6-8,18H,2-5H2,1H3,(H,16,20)(H,17,19). The molecular weight excluding hydrogens is 263 g/mol. The van der Waals surface area contributed by atoms with Crippen LogP contribution in [0.4, 0.5) is 10.1 Å². The number of amides is 2. The normalized spacial score (nSPS) is 15.2. The van der Waals surface area contributed by atoms with Crippen molar-refractivity contribution in [3.63, 3.8) is 0 Å². The van der Waals surface area contributed by atoms with Crippen molar-refractivity contribution in [2.75, 3.05) is 11.9 Å². The molecule has 2 rings (SSSR count). The highest BCUT2D eigenvalue weighted by Gasteiger charge is 2.20. The van der Waals surface area contributed by atoms with Gasteiger partial charge >= 0.3 is 0 Å². The monoisotopic (exact) mass is 280 g/mol. The van der Waals surface area contributed by atoms with Crippen LogP contribution in [0.15, 0.2) is 12.1 Å². The summed E-state index contributed by atoms with van der Waals surface area (Å²) in [6.07, 6.45) is 0.727. The maximum Gasteiger partial charge on any atom is 0.254 e. The second kappa shape index (κ2) is 6.00. The zero-order chi connectivity index (χ0) is 14.7. The van der Waals surface area contributed by atoms with Crippen LogP contribution in [0.25, 0.3) is 0 Å². The average Bonchev–Trinajstić information content (AvgIpc) is 2.37. The molecule has 1 aliphatic heterocycles. The third-order valence-corrected chi connectivity index (χ3v) is 3.18. The van der Waals surface area contributed by atoms with Gasteiger partial charge in [0.1, 0.15) is 5.82 Å². The smallest absolute Gasteiger partial charge is 0.254 e. The molecule has 0 aromatic heterocycles. The molecule has 1 heterocycles. The molecule has 108 valence electrons. The van der Waals surface area contributed by atoms with Gasteiger partial charge in [0.15, 0.2) is 0 Å². The number of nitrogens with one attached hydrogen (secondary N) is 2. The van der Waals surface area contributed by atoms with E-state index in [-0.39, 0.29) is 18.0 Å². The Morgan fingerprint density at radius 3 is 2.95 bits per heavy atom. The van der Waals surface area contributed by atoms with Gasteiger partial charge in [-0.05, 0) is 37.5 Å². The Labute approximate surface area is 116 Å². The first-order valence-electron chi connectivity index (χ1n) is 6.56. The molecule has 6 heteroatoms. The van der Waals surface area contributed by atoms with Crippen molar-refractivity contribution in [3.8, 4) is 0 Å². The topological polar surface area (TPSA) is 78.4 Å². The van der Waals surface area contributed by atoms with Gasteiger partial charge in [-0.25, -0.2) is 4.39 Å². The minimum atomic E-state index is -0.666. The lowest BCUT2D eigenvalue weighted by molar-refractivity contribution is -0.116. The van der Waals surface area contributed by atoms with Crippen LogP contribution >= 0.6 is 0 Å². The fourth-order valence-electron chi connectivity index (χ4n) is 2.07. The van der Waals surface area contributed by atoms with Crippen molar-refractivity contribution in [1.29, 1.82) is 0 Å². The molecule has 0 fully saturated rings. The quantitative estimate of drug-likeness (QED) is 0.775. The summed E-state index contributed by atoms with van der Waals surface area (Å²) < 4.78 is 13.9. The molecule has 1 aliphatic rings. The lowest BCUT2D eigenvalue weighted by Crippen LogP contribution is -2.28. The lowest BCUT2D eigenvalue weighted by atomic mass is 9.99. The van der Waals surface area contributed by atoms with Gasteiger partial charge < -0.3 is 15.7 Å². The van der Waals surface area contributed by atoms with E-state index >= 15 is 0 Å². The molecule has 1 aromatic carbocycles. The minimum Gasteiger partial charge on any atom is -0.393 e. The second-order valence-electron chi connectivity index (χ2n) is 4.93. The summed E-state index contributed by atoms with van der Waals surface area (Å²) in [7, 11) is 0. The highest BCUT2D eigenvalue weighted by molar-refractivity contribution is 5.98. The molecule has 5 nitrogen and oxygen atoms in total. The van der Waals surface area contributed by atoms with Gasteiger partial charge in [0.25, 0.3) is 5.91 Å². The van der Waals surface area contributed by atoms with Gasteiger partial charge in [-0.3, -0.25) is 9.59 Å².